The fourth-order valence-electron chi connectivity index (χ4n) is 2.64. The van der Waals surface area contributed by atoms with Crippen molar-refractivity contribution in [3.8, 4) is 0 Å². The molecule has 0 radical (unpaired) electrons. The first-order chi connectivity index (χ1) is 9.69. The van der Waals surface area contributed by atoms with E-state index in [2.05, 4.69) is 31.5 Å². The lowest BCUT2D eigenvalue weighted by Gasteiger charge is -2.36. The third kappa shape index (κ3) is 3.89. The second-order valence-corrected chi connectivity index (χ2v) is 10.8. The van der Waals surface area contributed by atoms with Crippen molar-refractivity contribution < 1.29 is 19.7 Å². The minimum Gasteiger partial charge on any atom is -0.388 e. The maximum absolute atomic E-state index is 11.3. The molecule has 6 nitrogen and oxygen atoms in total. The smallest absolute Gasteiger partial charge is 0.227 e. The van der Waals surface area contributed by atoms with E-state index in [-0.39, 0.29) is 5.91 Å². The van der Waals surface area contributed by atoms with E-state index in [1.54, 1.807) is 4.90 Å². The van der Waals surface area contributed by atoms with Crippen LogP contribution in [0, 0.1) is 0 Å². The van der Waals surface area contributed by atoms with Gasteiger partial charge in [-0.2, -0.15) is 0 Å². The number of nitrogens with zero attached hydrogens (tertiary/aromatic N) is 1. The van der Waals surface area contributed by atoms with Gasteiger partial charge in [-0.25, -0.2) is 0 Å². The first-order valence-corrected chi connectivity index (χ1v) is 10.2. The standard InChI is InChI=1S/C14H25N2O4P/c1-9-15-11(17)5-7-16(9)14-13(19)12(18)10(20-14)6-8-21(2,3)4/h10,12-14,18-19H,1-2,5-8H2,3-4H3,(H,15,17)/t10?,12-,13-,14-/m1/s1. The first-order valence-electron chi connectivity index (χ1n) is 7.13. The van der Waals surface area contributed by atoms with Gasteiger partial charge in [-0.15, -0.1) is 13.2 Å². The molecular formula is C14H25N2O4P. The van der Waals surface area contributed by atoms with Crippen LogP contribution in [0.15, 0.2) is 12.4 Å². The van der Waals surface area contributed by atoms with E-state index in [0.717, 1.165) is 6.16 Å². The summed E-state index contributed by atoms with van der Waals surface area (Å²) in [6.07, 6.45) is 3.04. The second-order valence-electron chi connectivity index (χ2n) is 6.43. The van der Waals surface area contributed by atoms with Gasteiger partial charge in [0.1, 0.15) is 18.0 Å². The van der Waals surface area contributed by atoms with E-state index in [0.29, 0.717) is 25.2 Å². The third-order valence-corrected chi connectivity index (χ3v) is 5.34. The Morgan fingerprint density at radius 3 is 2.67 bits per heavy atom. The minimum atomic E-state index is -1.20. The minimum absolute atomic E-state index is 0.0931. The number of ether oxygens (including phenoxy) is 1. The quantitative estimate of drug-likeness (QED) is 0.627. The van der Waals surface area contributed by atoms with E-state index in [9.17, 15) is 15.0 Å². The van der Waals surface area contributed by atoms with Crippen LogP contribution in [-0.2, 0) is 9.53 Å². The van der Waals surface area contributed by atoms with E-state index < -0.39 is 31.4 Å². The maximum Gasteiger partial charge on any atom is 0.227 e. The molecular weight excluding hydrogens is 291 g/mol. The van der Waals surface area contributed by atoms with Gasteiger partial charge in [0, 0.05) is 13.0 Å². The highest BCUT2D eigenvalue weighted by Gasteiger charge is 2.46. The van der Waals surface area contributed by atoms with Crippen LogP contribution in [-0.4, -0.2) is 77.9 Å². The second kappa shape index (κ2) is 6.13. The Bertz CT molecular complexity index is 476. The Balaban J connectivity index is 2.01. The van der Waals surface area contributed by atoms with Crippen molar-refractivity contribution >= 4 is 19.1 Å². The van der Waals surface area contributed by atoms with Crippen LogP contribution in [0.2, 0.25) is 0 Å². The van der Waals surface area contributed by atoms with Crippen molar-refractivity contribution in [2.45, 2.75) is 37.4 Å². The molecule has 1 unspecified atom stereocenters. The highest BCUT2D eigenvalue weighted by atomic mass is 31.2. The Hall–Kier alpha value is -0.810. The fourth-order valence-corrected chi connectivity index (χ4v) is 3.59. The molecule has 0 bridgehead atoms. The highest BCUT2D eigenvalue weighted by Crippen LogP contribution is 2.38. The van der Waals surface area contributed by atoms with Crippen molar-refractivity contribution in [1.29, 1.82) is 0 Å². The predicted octanol–water partition coefficient (Wildman–Crippen LogP) is -0.174. The number of carbonyl (C=O) groups is 1. The van der Waals surface area contributed by atoms with Crippen molar-refractivity contribution in [3.63, 3.8) is 0 Å². The summed E-state index contributed by atoms with van der Waals surface area (Å²) in [5, 5.41) is 23.0. The van der Waals surface area contributed by atoms with Crippen LogP contribution in [0.3, 0.4) is 0 Å². The lowest BCUT2D eigenvalue weighted by atomic mass is 10.1. The molecule has 0 aromatic rings. The Kier molecular flexibility index (Phi) is 4.83. The normalized spacial score (nSPS) is 34.2. The molecule has 0 aromatic carbocycles. The molecule has 2 aliphatic heterocycles. The van der Waals surface area contributed by atoms with Crippen molar-refractivity contribution in [2.75, 3.05) is 26.0 Å². The number of hydrogen-bond donors (Lipinski definition) is 3. The third-order valence-electron chi connectivity index (χ3n) is 3.87. The molecule has 2 rings (SSSR count). The zero-order valence-electron chi connectivity index (χ0n) is 12.7. The summed E-state index contributed by atoms with van der Waals surface area (Å²) in [7, 11) is 0. The van der Waals surface area contributed by atoms with Gasteiger partial charge < -0.3 is 25.2 Å². The number of carbonyl (C=O) groups excluding carboxylic acids is 1. The predicted molar refractivity (Wildman–Crippen MR) is 84.7 cm³/mol. The maximum atomic E-state index is 11.3. The van der Waals surface area contributed by atoms with Crippen LogP contribution in [0.1, 0.15) is 12.8 Å². The zero-order valence-corrected chi connectivity index (χ0v) is 13.6. The molecule has 4 atom stereocenters. The summed E-state index contributed by atoms with van der Waals surface area (Å²) >= 11 is 0. The molecule has 3 N–H and O–H groups in total. The zero-order chi connectivity index (χ0) is 15.8. The molecule has 2 heterocycles. The Labute approximate surface area is 125 Å². The molecule has 2 saturated heterocycles. The number of nitrogens with one attached hydrogen (secondary N) is 1. The average Bonchev–Trinajstić information content (AvgIpc) is 2.64. The summed E-state index contributed by atoms with van der Waals surface area (Å²) in [5.41, 5.74) is 0. The van der Waals surface area contributed by atoms with Gasteiger partial charge >= 0.3 is 0 Å². The van der Waals surface area contributed by atoms with E-state index in [1.165, 1.54) is 0 Å². The molecule has 0 saturated carbocycles. The van der Waals surface area contributed by atoms with E-state index in [1.807, 2.05) is 0 Å². The average molecular weight is 316 g/mol. The topological polar surface area (TPSA) is 82.0 Å². The van der Waals surface area contributed by atoms with Crippen LogP contribution in [0.5, 0.6) is 0 Å². The highest BCUT2D eigenvalue weighted by molar-refractivity contribution is 7.72. The van der Waals surface area contributed by atoms with Crippen LogP contribution in [0.4, 0.5) is 0 Å². The number of amides is 1. The molecule has 0 aromatic heterocycles. The van der Waals surface area contributed by atoms with Gasteiger partial charge in [-0.05, 0) is 25.9 Å². The van der Waals surface area contributed by atoms with Crippen LogP contribution in [0.25, 0.3) is 0 Å². The largest absolute Gasteiger partial charge is 0.388 e. The van der Waals surface area contributed by atoms with Crippen LogP contribution < -0.4 is 5.32 Å². The number of aliphatic hydroxyl groups excluding tert-OH is 2. The van der Waals surface area contributed by atoms with Crippen molar-refractivity contribution in [3.05, 3.63) is 12.4 Å². The van der Waals surface area contributed by atoms with Gasteiger partial charge in [0.25, 0.3) is 0 Å². The number of rotatable bonds is 4. The molecule has 0 spiro atoms. The van der Waals surface area contributed by atoms with Gasteiger partial charge in [0.15, 0.2) is 6.23 Å². The molecule has 2 aliphatic rings. The fraction of sp³-hybridized carbons (Fsp3) is 0.714. The molecule has 0 aliphatic carbocycles. The van der Waals surface area contributed by atoms with Gasteiger partial charge in [-0.3, -0.25) is 4.79 Å². The van der Waals surface area contributed by atoms with E-state index in [4.69, 9.17) is 4.74 Å². The lowest BCUT2D eigenvalue weighted by Crippen LogP contribution is -2.51. The van der Waals surface area contributed by atoms with Gasteiger partial charge in [-0.1, -0.05) is 6.58 Å². The molecule has 1 amide bonds. The van der Waals surface area contributed by atoms with Gasteiger partial charge in [0.05, 0.1) is 6.10 Å². The Morgan fingerprint density at radius 2 is 2.10 bits per heavy atom. The summed E-state index contributed by atoms with van der Waals surface area (Å²) in [6, 6.07) is 0. The van der Waals surface area contributed by atoms with Crippen molar-refractivity contribution in [2.24, 2.45) is 0 Å². The lowest BCUT2D eigenvalue weighted by molar-refractivity contribution is -0.128. The summed E-state index contributed by atoms with van der Waals surface area (Å²) < 4.78 is 5.83. The number of hydrogen-bond acceptors (Lipinski definition) is 5. The first kappa shape index (κ1) is 16.6. The van der Waals surface area contributed by atoms with Crippen LogP contribution >= 0.6 is 6.89 Å². The number of aliphatic hydroxyl groups is 2. The monoisotopic (exact) mass is 316 g/mol. The van der Waals surface area contributed by atoms with Crippen molar-refractivity contribution in [1.82, 2.24) is 10.2 Å². The molecule has 2 fully saturated rings. The van der Waals surface area contributed by atoms with E-state index >= 15 is 0 Å². The Morgan fingerprint density at radius 1 is 1.43 bits per heavy atom. The van der Waals surface area contributed by atoms with Gasteiger partial charge in [0.2, 0.25) is 5.91 Å². The summed E-state index contributed by atoms with van der Waals surface area (Å²) in [4.78, 5) is 13.0. The molecule has 7 heteroatoms. The molecule has 21 heavy (non-hydrogen) atoms. The molecule has 120 valence electrons. The summed E-state index contributed by atoms with van der Waals surface area (Å²) in [5.74, 6) is 0.317. The SMILES string of the molecule is C=C1NC(=O)CCN1[C@@H]1OC(CCP(=C)(C)C)[C@@H](O)[C@H]1O. The summed E-state index contributed by atoms with van der Waals surface area (Å²) in [6.45, 7) is 7.27.